The molecule has 4 heteroatoms. The first-order valence-corrected chi connectivity index (χ1v) is 3.87. The van der Waals surface area contributed by atoms with Gasteiger partial charge in [-0.15, -0.1) is 0 Å². The Morgan fingerprint density at radius 1 is 1.56 bits per heavy atom. The molecule has 0 fully saturated rings. The van der Waals surface area contributed by atoms with E-state index < -0.39 is 6.09 Å². The summed E-state index contributed by atoms with van der Waals surface area (Å²) >= 11 is 3.24. The van der Waals surface area contributed by atoms with E-state index >= 15 is 0 Å². The smallest absolute Gasteiger partial charge is 0.404 e. The number of hydrogen-bond donors (Lipinski definition) is 1. The molecule has 0 atom stereocenters. The van der Waals surface area contributed by atoms with Gasteiger partial charge in [0.2, 0.25) is 0 Å². The van der Waals surface area contributed by atoms with Crippen LogP contribution in [0, 0.1) is 0 Å². The van der Waals surface area contributed by atoms with Gasteiger partial charge in [0.15, 0.2) is 0 Å². The predicted molar refractivity (Wildman–Crippen MR) is 38.6 cm³/mol. The molecule has 0 aliphatic carbocycles. The van der Waals surface area contributed by atoms with Crippen molar-refractivity contribution in [3.63, 3.8) is 0 Å². The van der Waals surface area contributed by atoms with Gasteiger partial charge in [0.1, 0.15) is 0 Å². The summed E-state index contributed by atoms with van der Waals surface area (Å²) in [4.78, 5) is 9.95. The Labute approximate surface area is 62.7 Å². The predicted octanol–water partition coefficient (Wildman–Crippen LogP) is 1.26. The molecule has 0 heterocycles. The number of rotatable bonds is 4. The molecule has 0 aromatic heterocycles. The minimum Gasteiger partial charge on any atom is -0.450 e. The number of ether oxygens (including phenoxy) is 1. The second-order valence-electron chi connectivity index (χ2n) is 1.56. The van der Waals surface area contributed by atoms with Crippen LogP contribution in [0.5, 0.6) is 0 Å². The van der Waals surface area contributed by atoms with Crippen LogP contribution in [0.4, 0.5) is 4.79 Å². The van der Waals surface area contributed by atoms with Gasteiger partial charge in [0.05, 0.1) is 6.61 Å². The van der Waals surface area contributed by atoms with E-state index in [1.54, 1.807) is 0 Å². The van der Waals surface area contributed by atoms with Crippen LogP contribution in [0.25, 0.3) is 0 Å². The van der Waals surface area contributed by atoms with E-state index in [1.165, 1.54) is 0 Å². The molecule has 0 unspecified atom stereocenters. The van der Waals surface area contributed by atoms with E-state index in [9.17, 15) is 4.79 Å². The fourth-order valence-corrected chi connectivity index (χ4v) is 0.766. The molecule has 3 nitrogen and oxygen atoms in total. The maximum absolute atomic E-state index is 9.95. The summed E-state index contributed by atoms with van der Waals surface area (Å²) in [6.45, 7) is 0.431. The molecule has 1 amide bonds. The number of carbonyl (C=O) groups is 1. The third-order valence-corrected chi connectivity index (χ3v) is 1.33. The van der Waals surface area contributed by atoms with Crippen molar-refractivity contribution >= 4 is 22.0 Å². The van der Waals surface area contributed by atoms with Crippen LogP contribution in [0.1, 0.15) is 12.8 Å². The maximum Gasteiger partial charge on any atom is 0.404 e. The van der Waals surface area contributed by atoms with Gasteiger partial charge in [-0.25, -0.2) is 4.79 Å². The van der Waals surface area contributed by atoms with E-state index in [-0.39, 0.29) is 0 Å². The fraction of sp³-hybridized carbons (Fsp3) is 0.800. The summed E-state index contributed by atoms with van der Waals surface area (Å²) in [5, 5.41) is 0.940. The number of carbonyl (C=O) groups excluding carboxylic acids is 1. The van der Waals surface area contributed by atoms with E-state index in [2.05, 4.69) is 20.7 Å². The molecule has 0 bridgehead atoms. The zero-order chi connectivity index (χ0) is 7.11. The number of primary amides is 1. The summed E-state index contributed by atoms with van der Waals surface area (Å²) in [5.74, 6) is 0. The van der Waals surface area contributed by atoms with Gasteiger partial charge in [-0.1, -0.05) is 15.9 Å². The standard InChI is InChI=1S/C5H10BrNO2/c6-3-1-2-4-9-5(7)8/h1-4H2,(H2,7,8). The van der Waals surface area contributed by atoms with Gasteiger partial charge in [-0.3, -0.25) is 0 Å². The molecular formula is C5H10BrNO2. The lowest BCUT2D eigenvalue weighted by atomic mass is 10.4. The molecule has 0 aromatic rings. The molecule has 9 heavy (non-hydrogen) atoms. The highest BCUT2D eigenvalue weighted by molar-refractivity contribution is 9.09. The Kier molecular flexibility index (Phi) is 5.72. The fourth-order valence-electron chi connectivity index (χ4n) is 0.369. The van der Waals surface area contributed by atoms with Crippen molar-refractivity contribution in [3.05, 3.63) is 0 Å². The highest BCUT2D eigenvalue weighted by atomic mass is 79.9. The van der Waals surface area contributed by atoms with Crippen molar-refractivity contribution in [2.24, 2.45) is 5.73 Å². The number of hydrogen-bond acceptors (Lipinski definition) is 2. The van der Waals surface area contributed by atoms with Crippen molar-refractivity contribution in [3.8, 4) is 0 Å². The minimum atomic E-state index is -0.690. The van der Waals surface area contributed by atoms with Crippen LogP contribution in [0.2, 0.25) is 0 Å². The third-order valence-electron chi connectivity index (χ3n) is 0.772. The topological polar surface area (TPSA) is 52.3 Å². The van der Waals surface area contributed by atoms with Crippen molar-refractivity contribution in [1.29, 1.82) is 0 Å². The summed E-state index contributed by atoms with van der Waals surface area (Å²) in [5.41, 5.74) is 4.70. The highest BCUT2D eigenvalue weighted by Gasteiger charge is 1.90. The summed E-state index contributed by atoms with van der Waals surface area (Å²) in [7, 11) is 0. The van der Waals surface area contributed by atoms with Gasteiger partial charge in [0.25, 0.3) is 0 Å². The lowest BCUT2D eigenvalue weighted by Gasteiger charge is -1.97. The molecule has 0 aromatic carbocycles. The molecule has 0 saturated carbocycles. The van der Waals surface area contributed by atoms with Crippen LogP contribution >= 0.6 is 15.9 Å². The zero-order valence-corrected chi connectivity index (χ0v) is 6.69. The molecule has 54 valence electrons. The Morgan fingerprint density at radius 2 is 2.22 bits per heavy atom. The average molecular weight is 196 g/mol. The maximum atomic E-state index is 9.95. The largest absolute Gasteiger partial charge is 0.450 e. The van der Waals surface area contributed by atoms with Gasteiger partial charge in [-0.2, -0.15) is 0 Å². The van der Waals surface area contributed by atoms with Gasteiger partial charge < -0.3 is 10.5 Å². The average Bonchev–Trinajstić information content (AvgIpc) is 1.80. The Morgan fingerprint density at radius 3 is 2.67 bits per heavy atom. The van der Waals surface area contributed by atoms with Crippen LogP contribution < -0.4 is 5.73 Å². The summed E-state index contributed by atoms with van der Waals surface area (Å²) in [6, 6.07) is 0. The van der Waals surface area contributed by atoms with Crippen molar-refractivity contribution < 1.29 is 9.53 Å². The third kappa shape index (κ3) is 7.75. The first-order valence-electron chi connectivity index (χ1n) is 2.75. The number of amides is 1. The molecule has 0 radical (unpaired) electrons. The summed E-state index contributed by atoms with van der Waals surface area (Å²) in [6.07, 6.45) is 1.19. The van der Waals surface area contributed by atoms with E-state index in [0.29, 0.717) is 6.61 Å². The molecule has 0 aliphatic heterocycles. The van der Waals surface area contributed by atoms with Crippen LogP contribution in [-0.2, 0) is 4.74 Å². The van der Waals surface area contributed by atoms with E-state index in [4.69, 9.17) is 5.73 Å². The second kappa shape index (κ2) is 5.88. The van der Waals surface area contributed by atoms with Gasteiger partial charge in [0, 0.05) is 5.33 Å². The molecular weight excluding hydrogens is 186 g/mol. The van der Waals surface area contributed by atoms with E-state index in [0.717, 1.165) is 18.2 Å². The molecule has 0 aliphatic rings. The molecule has 0 spiro atoms. The van der Waals surface area contributed by atoms with Gasteiger partial charge in [-0.05, 0) is 12.8 Å². The van der Waals surface area contributed by atoms with Crippen LogP contribution in [0.3, 0.4) is 0 Å². The van der Waals surface area contributed by atoms with E-state index in [1.807, 2.05) is 0 Å². The molecule has 0 rings (SSSR count). The van der Waals surface area contributed by atoms with Crippen LogP contribution in [0.15, 0.2) is 0 Å². The molecule has 0 saturated heterocycles. The van der Waals surface area contributed by atoms with Crippen molar-refractivity contribution in [1.82, 2.24) is 0 Å². The number of unbranched alkanes of at least 4 members (excludes halogenated alkanes) is 1. The first kappa shape index (κ1) is 8.75. The first-order chi connectivity index (χ1) is 4.27. The Hall–Kier alpha value is -0.250. The molecule has 2 N–H and O–H groups in total. The van der Waals surface area contributed by atoms with Gasteiger partial charge >= 0.3 is 6.09 Å². The lowest BCUT2D eigenvalue weighted by molar-refractivity contribution is 0.155. The SMILES string of the molecule is NC(=O)OCCCCBr. The van der Waals surface area contributed by atoms with Crippen molar-refractivity contribution in [2.45, 2.75) is 12.8 Å². The monoisotopic (exact) mass is 195 g/mol. The van der Waals surface area contributed by atoms with Crippen molar-refractivity contribution in [2.75, 3.05) is 11.9 Å². The normalized spacial score (nSPS) is 9.00. The second-order valence-corrected chi connectivity index (χ2v) is 2.36. The quantitative estimate of drug-likeness (QED) is 0.543. The zero-order valence-electron chi connectivity index (χ0n) is 5.10. The minimum absolute atomic E-state index is 0.431. The Balaban J connectivity index is 2.83. The van der Waals surface area contributed by atoms with Crippen LogP contribution in [-0.4, -0.2) is 18.0 Å². The number of halogens is 1. The summed E-state index contributed by atoms with van der Waals surface area (Å²) < 4.78 is 4.46. The number of alkyl halides is 1. The highest BCUT2D eigenvalue weighted by Crippen LogP contribution is 1.93. The Bertz CT molecular complexity index is 87.0. The number of nitrogens with two attached hydrogens (primary N) is 1. The lowest BCUT2D eigenvalue weighted by Crippen LogP contribution is -2.13.